The number of anilines is 3. The topological polar surface area (TPSA) is 185 Å². The monoisotopic (exact) mass is 461 g/mol. The van der Waals surface area contributed by atoms with Gasteiger partial charge < -0.3 is 25.3 Å². The Balaban J connectivity index is 2.00. The number of ketones is 1. The molecule has 13 heteroatoms. The predicted octanol–water partition coefficient (Wildman–Crippen LogP) is 2.38. The van der Waals surface area contributed by atoms with Crippen LogP contribution in [-0.2, 0) is 14.3 Å². The van der Waals surface area contributed by atoms with Crippen LogP contribution in [-0.4, -0.2) is 54.1 Å². The van der Waals surface area contributed by atoms with Crippen molar-refractivity contribution >= 4 is 40.9 Å². The molecular weight excluding hydrogens is 438 g/mol. The molecule has 0 aliphatic carbocycles. The highest BCUT2D eigenvalue weighted by molar-refractivity contribution is 5.90. The zero-order chi connectivity index (χ0) is 24.4. The maximum absolute atomic E-state index is 12.2. The second-order valence-corrected chi connectivity index (χ2v) is 6.32. The number of hydrogen-bond donors (Lipinski definition) is 3. The van der Waals surface area contributed by atoms with E-state index in [1.165, 1.54) is 24.3 Å². The van der Waals surface area contributed by atoms with Gasteiger partial charge in [-0.1, -0.05) is 0 Å². The molecule has 0 saturated heterocycles. The quantitative estimate of drug-likeness (QED) is 0.253. The Morgan fingerprint density at radius 1 is 1.12 bits per heavy atom. The highest BCUT2D eigenvalue weighted by atomic mass is 16.6. The largest absolute Gasteiger partial charge is 0.486 e. The van der Waals surface area contributed by atoms with Crippen molar-refractivity contribution < 1.29 is 33.5 Å². The number of nitrogens with zero attached hydrogens (tertiary/aromatic N) is 2. The lowest BCUT2D eigenvalue weighted by Crippen LogP contribution is -2.22. The van der Waals surface area contributed by atoms with Crippen LogP contribution in [0.5, 0.6) is 5.75 Å². The molecule has 0 radical (unpaired) electrons. The number of aromatic nitrogens is 1. The van der Waals surface area contributed by atoms with E-state index in [1.54, 1.807) is 13.8 Å². The van der Waals surface area contributed by atoms with Gasteiger partial charge in [0.1, 0.15) is 23.9 Å². The number of ether oxygens (including phenoxy) is 3. The number of nitrogens with one attached hydrogen (secondary N) is 2. The fourth-order valence-electron chi connectivity index (χ4n) is 2.53. The average molecular weight is 461 g/mol. The van der Waals surface area contributed by atoms with Gasteiger partial charge in [0.15, 0.2) is 5.78 Å². The second-order valence-electron chi connectivity index (χ2n) is 6.32. The lowest BCUT2D eigenvalue weighted by atomic mass is 10.2. The Bertz CT molecular complexity index is 1030. The lowest BCUT2D eigenvalue weighted by molar-refractivity contribution is -0.383. The summed E-state index contributed by atoms with van der Waals surface area (Å²) in [6, 6.07) is 7.17. The first-order valence-corrected chi connectivity index (χ1v) is 9.79. The molecule has 0 bridgehead atoms. The van der Waals surface area contributed by atoms with Gasteiger partial charge in [-0.3, -0.25) is 20.2 Å². The number of nitrogen functional groups attached to an aromatic ring is 1. The predicted molar refractivity (Wildman–Crippen MR) is 117 cm³/mol. The molecule has 0 atom stereocenters. The normalized spacial score (nSPS) is 10.1. The molecule has 2 rings (SSSR count). The minimum Gasteiger partial charge on any atom is -0.486 e. The third-order valence-corrected chi connectivity index (χ3v) is 3.95. The van der Waals surface area contributed by atoms with Gasteiger partial charge in [-0.05, 0) is 38.1 Å². The number of nitrogens with two attached hydrogens (primary N) is 1. The molecule has 1 heterocycles. The third-order valence-electron chi connectivity index (χ3n) is 3.95. The standard InChI is InChI=1S/C20H23N5O8/c1-3-31-19(27)12-5-7-14(8-6-12)33-11-13(26)10-22-15-9-16(24-20(28)32-4-2)23-18(21)17(15)25(29)30/h5-9H,3-4,10-11H2,1-2H3,(H4,21,22,23,24,28). The highest BCUT2D eigenvalue weighted by Gasteiger charge is 2.22. The van der Waals surface area contributed by atoms with Gasteiger partial charge in [0, 0.05) is 6.07 Å². The van der Waals surface area contributed by atoms with Gasteiger partial charge in [-0.15, -0.1) is 0 Å². The van der Waals surface area contributed by atoms with Crippen molar-refractivity contribution in [2.45, 2.75) is 13.8 Å². The van der Waals surface area contributed by atoms with Crippen LogP contribution in [0.4, 0.5) is 27.8 Å². The van der Waals surface area contributed by atoms with E-state index < -0.39 is 34.3 Å². The van der Waals surface area contributed by atoms with Crippen LogP contribution >= 0.6 is 0 Å². The molecule has 0 aliphatic heterocycles. The zero-order valence-electron chi connectivity index (χ0n) is 18.0. The SMILES string of the molecule is CCOC(=O)Nc1cc(NCC(=O)COc2ccc(C(=O)OCC)cc2)c([N+](=O)[O-])c(N)n1. The van der Waals surface area contributed by atoms with Crippen molar-refractivity contribution in [1.82, 2.24) is 4.98 Å². The number of carbonyl (C=O) groups is 3. The molecule has 2 aromatic rings. The summed E-state index contributed by atoms with van der Waals surface area (Å²) >= 11 is 0. The first kappa shape index (κ1) is 24.8. The lowest BCUT2D eigenvalue weighted by Gasteiger charge is -2.11. The van der Waals surface area contributed by atoms with E-state index in [0.717, 1.165) is 6.07 Å². The first-order chi connectivity index (χ1) is 15.7. The zero-order valence-corrected chi connectivity index (χ0v) is 18.0. The minimum absolute atomic E-state index is 0.0931. The molecule has 1 amide bonds. The van der Waals surface area contributed by atoms with E-state index in [4.69, 9.17) is 19.9 Å². The number of Topliss-reactive ketones (excluding diaryl/α,β-unsaturated/α-hetero) is 1. The van der Waals surface area contributed by atoms with Gasteiger partial charge in [0.05, 0.1) is 30.2 Å². The van der Waals surface area contributed by atoms with E-state index in [0.29, 0.717) is 11.3 Å². The molecule has 176 valence electrons. The van der Waals surface area contributed by atoms with Gasteiger partial charge in [-0.25, -0.2) is 14.6 Å². The number of benzene rings is 1. The number of esters is 1. The summed E-state index contributed by atoms with van der Waals surface area (Å²) in [6.07, 6.45) is -0.817. The van der Waals surface area contributed by atoms with E-state index in [1.807, 2.05) is 0 Å². The summed E-state index contributed by atoms with van der Waals surface area (Å²) in [6.45, 7) is 2.99. The van der Waals surface area contributed by atoms with Crippen LogP contribution in [0.2, 0.25) is 0 Å². The van der Waals surface area contributed by atoms with Crippen molar-refractivity contribution in [3.63, 3.8) is 0 Å². The van der Waals surface area contributed by atoms with Gasteiger partial charge >= 0.3 is 17.7 Å². The summed E-state index contributed by atoms with van der Waals surface area (Å²) in [5.41, 5.74) is 5.31. The molecule has 1 aromatic carbocycles. The van der Waals surface area contributed by atoms with Crippen molar-refractivity contribution in [3.8, 4) is 5.75 Å². The van der Waals surface area contributed by atoms with Gasteiger partial charge in [0.2, 0.25) is 5.82 Å². The second kappa shape index (κ2) is 11.8. The van der Waals surface area contributed by atoms with E-state index in [9.17, 15) is 24.5 Å². The van der Waals surface area contributed by atoms with Gasteiger partial charge in [0.25, 0.3) is 0 Å². The van der Waals surface area contributed by atoms with E-state index in [-0.39, 0.29) is 37.9 Å². The van der Waals surface area contributed by atoms with Gasteiger partial charge in [-0.2, -0.15) is 0 Å². The number of rotatable bonds is 11. The number of pyridine rings is 1. The Labute approximate surface area is 188 Å². The summed E-state index contributed by atoms with van der Waals surface area (Å²) in [5, 5.41) is 16.2. The van der Waals surface area contributed by atoms with Crippen LogP contribution < -0.4 is 21.1 Å². The van der Waals surface area contributed by atoms with Crippen LogP contribution in [0.25, 0.3) is 0 Å². The Hall–Kier alpha value is -4.42. The van der Waals surface area contributed by atoms with Crippen LogP contribution in [0, 0.1) is 10.1 Å². The summed E-state index contributed by atoms with van der Waals surface area (Å²) in [5.74, 6) is -1.11. The summed E-state index contributed by atoms with van der Waals surface area (Å²) < 4.78 is 15.0. The number of hydrogen-bond acceptors (Lipinski definition) is 11. The molecule has 33 heavy (non-hydrogen) atoms. The van der Waals surface area contributed by atoms with Crippen molar-refractivity contribution in [3.05, 3.63) is 46.0 Å². The van der Waals surface area contributed by atoms with Crippen LogP contribution in [0.3, 0.4) is 0 Å². The molecule has 4 N–H and O–H groups in total. The molecular formula is C20H23N5O8. The smallest absolute Gasteiger partial charge is 0.412 e. The van der Waals surface area contributed by atoms with Crippen molar-refractivity contribution in [2.75, 3.05) is 42.7 Å². The van der Waals surface area contributed by atoms with Crippen molar-refractivity contribution in [2.24, 2.45) is 0 Å². The Morgan fingerprint density at radius 2 is 1.79 bits per heavy atom. The van der Waals surface area contributed by atoms with E-state index >= 15 is 0 Å². The molecule has 0 unspecified atom stereocenters. The minimum atomic E-state index is -0.817. The average Bonchev–Trinajstić information content (AvgIpc) is 2.76. The molecule has 0 spiro atoms. The number of amides is 1. The molecule has 0 fully saturated rings. The van der Waals surface area contributed by atoms with Crippen molar-refractivity contribution in [1.29, 1.82) is 0 Å². The van der Waals surface area contributed by atoms with E-state index in [2.05, 4.69) is 15.6 Å². The Kier molecular flexibility index (Phi) is 8.91. The summed E-state index contributed by atoms with van der Waals surface area (Å²) in [4.78, 5) is 49.7. The van der Waals surface area contributed by atoms with Crippen LogP contribution in [0.15, 0.2) is 30.3 Å². The highest BCUT2D eigenvalue weighted by Crippen LogP contribution is 2.31. The van der Waals surface area contributed by atoms with Crippen LogP contribution in [0.1, 0.15) is 24.2 Å². The molecule has 13 nitrogen and oxygen atoms in total. The maximum Gasteiger partial charge on any atom is 0.412 e. The fourth-order valence-corrected chi connectivity index (χ4v) is 2.53. The first-order valence-electron chi connectivity index (χ1n) is 9.79. The third kappa shape index (κ3) is 7.34. The maximum atomic E-state index is 12.2. The fraction of sp³-hybridized carbons (Fsp3) is 0.300. The molecule has 0 saturated carbocycles. The summed E-state index contributed by atoms with van der Waals surface area (Å²) in [7, 11) is 0. The Morgan fingerprint density at radius 3 is 2.39 bits per heavy atom. The molecule has 1 aromatic heterocycles. The molecule has 0 aliphatic rings. The number of nitro groups is 1. The number of carbonyl (C=O) groups excluding carboxylic acids is 3.